The second-order valence-electron chi connectivity index (χ2n) is 3.36. The topological polar surface area (TPSA) is 110 Å². The smallest absolute Gasteiger partial charge is 0.331 e. The Hall–Kier alpha value is -2.90. The van der Waals surface area contributed by atoms with Gasteiger partial charge in [0, 0.05) is 24.5 Å². The van der Waals surface area contributed by atoms with Crippen LogP contribution in [0.2, 0.25) is 0 Å². The Morgan fingerprint density at radius 1 is 1.50 bits per heavy atom. The van der Waals surface area contributed by atoms with Crippen molar-refractivity contribution in [3.8, 4) is 5.75 Å². The van der Waals surface area contributed by atoms with Gasteiger partial charge in [-0.25, -0.2) is 9.78 Å². The highest BCUT2D eigenvalue weighted by Gasteiger charge is 2.13. The zero-order valence-corrected chi connectivity index (χ0v) is 8.98. The number of rotatable bonds is 2. The predicted molar refractivity (Wildman–Crippen MR) is 61.4 cm³/mol. The number of carbonyl (C=O) groups is 1. The molecule has 0 aliphatic carbocycles. The van der Waals surface area contributed by atoms with Gasteiger partial charge in [0.15, 0.2) is 0 Å². The van der Waals surface area contributed by atoms with Gasteiger partial charge < -0.3 is 10.4 Å². The van der Waals surface area contributed by atoms with Crippen molar-refractivity contribution in [2.45, 2.75) is 0 Å². The molecule has 0 saturated carbocycles. The maximum absolute atomic E-state index is 11.6. The molecule has 1 amide bonds. The van der Waals surface area contributed by atoms with Crippen molar-refractivity contribution in [3.63, 3.8) is 0 Å². The molecule has 2 rings (SSSR count). The number of benzene rings is 1. The first-order chi connectivity index (χ1) is 8.58. The predicted octanol–water partition coefficient (Wildman–Crippen LogP) is 1.58. The Bertz CT molecular complexity index is 594. The minimum absolute atomic E-state index is 0.0390. The summed E-state index contributed by atoms with van der Waals surface area (Å²) >= 11 is 0. The number of hydrogen-bond donors (Lipinski definition) is 2. The van der Waals surface area contributed by atoms with Crippen LogP contribution in [-0.4, -0.2) is 25.6 Å². The number of nitrogens with one attached hydrogen (secondary N) is 1. The summed E-state index contributed by atoms with van der Waals surface area (Å²) in [6, 6.07) is 2.77. The van der Waals surface area contributed by atoms with E-state index in [1.165, 1.54) is 18.7 Å². The molecule has 8 nitrogen and oxygen atoms in total. The van der Waals surface area contributed by atoms with E-state index in [0.29, 0.717) is 0 Å². The van der Waals surface area contributed by atoms with Crippen molar-refractivity contribution in [1.82, 2.24) is 9.55 Å². The van der Waals surface area contributed by atoms with Crippen LogP contribution in [0.4, 0.5) is 16.2 Å². The molecule has 2 aromatic rings. The fourth-order valence-corrected chi connectivity index (χ4v) is 1.30. The number of amides is 1. The van der Waals surface area contributed by atoms with Gasteiger partial charge in [-0.15, -0.1) is 0 Å². The molecule has 0 fully saturated rings. The van der Waals surface area contributed by atoms with Crippen molar-refractivity contribution < 1.29 is 14.8 Å². The third kappa shape index (κ3) is 2.26. The summed E-state index contributed by atoms with van der Waals surface area (Å²) in [6.07, 6.45) is 4.08. The minimum Gasteiger partial charge on any atom is -0.506 e. The Balaban J connectivity index is 2.26. The molecule has 1 heterocycles. The maximum atomic E-state index is 11.6. The third-order valence-corrected chi connectivity index (χ3v) is 2.17. The Morgan fingerprint density at radius 2 is 2.28 bits per heavy atom. The zero-order valence-electron chi connectivity index (χ0n) is 8.98. The van der Waals surface area contributed by atoms with Crippen LogP contribution in [0.25, 0.3) is 0 Å². The summed E-state index contributed by atoms with van der Waals surface area (Å²) in [5.74, 6) is -0.255. The van der Waals surface area contributed by atoms with E-state index in [-0.39, 0.29) is 17.1 Å². The van der Waals surface area contributed by atoms with E-state index in [0.717, 1.165) is 22.8 Å². The number of imidazole rings is 1. The average molecular weight is 248 g/mol. The number of phenolic OH excluding ortho intramolecular Hbond substituents is 1. The molecule has 18 heavy (non-hydrogen) atoms. The van der Waals surface area contributed by atoms with E-state index in [1.54, 1.807) is 0 Å². The lowest BCUT2D eigenvalue weighted by Crippen LogP contribution is -2.17. The maximum Gasteiger partial charge on any atom is 0.331 e. The Morgan fingerprint density at radius 3 is 2.89 bits per heavy atom. The quantitative estimate of drug-likeness (QED) is 0.476. The van der Waals surface area contributed by atoms with Crippen LogP contribution >= 0.6 is 0 Å². The van der Waals surface area contributed by atoms with Gasteiger partial charge in [-0.1, -0.05) is 0 Å². The molecule has 1 aromatic heterocycles. The Kier molecular flexibility index (Phi) is 2.92. The summed E-state index contributed by atoms with van der Waals surface area (Å²) in [7, 11) is 0. The second-order valence-corrected chi connectivity index (χ2v) is 3.36. The number of aromatic nitrogens is 2. The third-order valence-electron chi connectivity index (χ3n) is 2.17. The van der Waals surface area contributed by atoms with Crippen molar-refractivity contribution in [2.75, 3.05) is 5.32 Å². The first-order valence-corrected chi connectivity index (χ1v) is 4.84. The molecular weight excluding hydrogens is 240 g/mol. The molecule has 8 heteroatoms. The number of nitrogens with zero attached hydrogens (tertiary/aromatic N) is 3. The van der Waals surface area contributed by atoms with Crippen molar-refractivity contribution in [1.29, 1.82) is 0 Å². The van der Waals surface area contributed by atoms with Crippen LogP contribution in [0.5, 0.6) is 5.75 Å². The lowest BCUT2D eigenvalue weighted by Gasteiger charge is -2.06. The highest BCUT2D eigenvalue weighted by atomic mass is 16.6. The normalized spacial score (nSPS) is 10.0. The summed E-state index contributed by atoms with van der Waals surface area (Å²) in [5, 5.41) is 22.4. The standard InChI is InChI=1S/C10H8N4O4/c15-9-2-1-7(14(17)18)5-8(9)12-10(16)13-4-3-11-6-13/h1-6,15H,(H,12,16). The summed E-state index contributed by atoms with van der Waals surface area (Å²) < 4.78 is 1.14. The highest BCUT2D eigenvalue weighted by Crippen LogP contribution is 2.27. The number of non-ortho nitro benzene ring substituents is 1. The van der Waals surface area contributed by atoms with E-state index in [4.69, 9.17) is 0 Å². The molecule has 0 saturated heterocycles. The number of carbonyl (C=O) groups excluding carboxylic acids is 1. The SMILES string of the molecule is O=C(Nc1cc([N+](=O)[O-])ccc1O)n1ccnc1. The van der Waals surface area contributed by atoms with Gasteiger partial charge in [0.05, 0.1) is 10.6 Å². The number of aromatic hydroxyl groups is 1. The molecule has 0 spiro atoms. The van der Waals surface area contributed by atoms with Crippen LogP contribution in [0.15, 0.2) is 36.9 Å². The molecule has 0 aliphatic heterocycles. The second kappa shape index (κ2) is 4.53. The molecule has 0 aliphatic rings. The van der Waals surface area contributed by atoms with Crippen molar-refractivity contribution in [2.24, 2.45) is 0 Å². The molecular formula is C10H8N4O4. The minimum atomic E-state index is -0.619. The van der Waals surface area contributed by atoms with Gasteiger partial charge in [0.25, 0.3) is 5.69 Å². The molecule has 0 bridgehead atoms. The first kappa shape index (κ1) is 11.6. The van der Waals surface area contributed by atoms with E-state index >= 15 is 0 Å². The number of nitro benzene ring substituents is 1. The van der Waals surface area contributed by atoms with Gasteiger partial charge in [-0.3, -0.25) is 14.7 Å². The van der Waals surface area contributed by atoms with E-state index in [9.17, 15) is 20.0 Å². The molecule has 0 atom stereocenters. The van der Waals surface area contributed by atoms with Crippen LogP contribution in [0, 0.1) is 10.1 Å². The van der Waals surface area contributed by atoms with Gasteiger partial charge in [0.2, 0.25) is 0 Å². The van der Waals surface area contributed by atoms with Crippen LogP contribution in [0.1, 0.15) is 0 Å². The molecule has 0 unspecified atom stereocenters. The molecule has 0 radical (unpaired) electrons. The van der Waals surface area contributed by atoms with Crippen molar-refractivity contribution in [3.05, 3.63) is 47.0 Å². The van der Waals surface area contributed by atoms with Crippen LogP contribution in [0.3, 0.4) is 0 Å². The zero-order chi connectivity index (χ0) is 13.1. The molecule has 92 valence electrons. The number of anilines is 1. The summed E-state index contributed by atoms with van der Waals surface area (Å²) in [6.45, 7) is 0. The van der Waals surface area contributed by atoms with Gasteiger partial charge in [0.1, 0.15) is 12.1 Å². The van der Waals surface area contributed by atoms with Gasteiger partial charge >= 0.3 is 6.03 Å². The highest BCUT2D eigenvalue weighted by molar-refractivity contribution is 5.92. The lowest BCUT2D eigenvalue weighted by atomic mass is 10.2. The van der Waals surface area contributed by atoms with Gasteiger partial charge in [-0.05, 0) is 6.07 Å². The van der Waals surface area contributed by atoms with Crippen LogP contribution < -0.4 is 5.32 Å². The molecule has 1 aromatic carbocycles. The monoisotopic (exact) mass is 248 g/mol. The molecule has 2 N–H and O–H groups in total. The fraction of sp³-hybridized carbons (Fsp3) is 0. The van der Waals surface area contributed by atoms with E-state index in [1.807, 2.05) is 0 Å². The average Bonchev–Trinajstić information content (AvgIpc) is 2.85. The summed E-state index contributed by atoms with van der Waals surface area (Å²) in [4.78, 5) is 25.3. The van der Waals surface area contributed by atoms with Crippen LogP contribution in [-0.2, 0) is 0 Å². The summed E-state index contributed by atoms with van der Waals surface area (Å²) in [5.41, 5.74) is -0.267. The van der Waals surface area contributed by atoms with Gasteiger partial charge in [-0.2, -0.15) is 0 Å². The van der Waals surface area contributed by atoms with E-state index < -0.39 is 11.0 Å². The number of nitro groups is 1. The largest absolute Gasteiger partial charge is 0.506 e. The number of hydrogen-bond acceptors (Lipinski definition) is 5. The lowest BCUT2D eigenvalue weighted by molar-refractivity contribution is -0.384. The van der Waals surface area contributed by atoms with E-state index in [2.05, 4.69) is 10.3 Å². The Labute approximate surface area is 101 Å². The van der Waals surface area contributed by atoms with Crippen molar-refractivity contribution >= 4 is 17.4 Å². The fourth-order valence-electron chi connectivity index (χ4n) is 1.30. The first-order valence-electron chi connectivity index (χ1n) is 4.84. The number of phenols is 1.